The topological polar surface area (TPSA) is 55.1 Å². The predicted molar refractivity (Wildman–Crippen MR) is 60.4 cm³/mol. The Bertz CT molecular complexity index is 378. The van der Waals surface area contributed by atoms with Gasteiger partial charge < -0.3 is 9.67 Å². The molecule has 1 saturated carbocycles. The van der Waals surface area contributed by atoms with Crippen LogP contribution in [0.5, 0.6) is 0 Å². The summed E-state index contributed by atoms with van der Waals surface area (Å²) in [5.41, 5.74) is 1.08. The quantitative estimate of drug-likeness (QED) is 0.850. The summed E-state index contributed by atoms with van der Waals surface area (Å²) in [4.78, 5) is 14.9. The van der Waals surface area contributed by atoms with Crippen LogP contribution in [0.3, 0.4) is 0 Å². The Hall–Kier alpha value is -1.32. The van der Waals surface area contributed by atoms with Crippen molar-refractivity contribution in [3.8, 4) is 0 Å². The van der Waals surface area contributed by atoms with Crippen LogP contribution in [0.25, 0.3) is 0 Å². The average Bonchev–Trinajstić information content (AvgIpc) is 2.84. The van der Waals surface area contributed by atoms with Crippen molar-refractivity contribution in [2.24, 2.45) is 13.0 Å². The molecule has 0 aromatic carbocycles. The number of hydrogen-bond donors (Lipinski definition) is 1. The Balaban J connectivity index is 2.02. The Kier molecular flexibility index (Phi) is 3.27. The van der Waals surface area contributed by atoms with Gasteiger partial charge in [-0.15, -0.1) is 0 Å². The van der Waals surface area contributed by atoms with Crippen molar-refractivity contribution in [3.05, 3.63) is 17.7 Å². The van der Waals surface area contributed by atoms with Crippen LogP contribution < -0.4 is 0 Å². The van der Waals surface area contributed by atoms with Crippen molar-refractivity contribution in [2.45, 2.75) is 38.5 Å². The molecule has 0 aliphatic heterocycles. The molecule has 0 bridgehead atoms. The third-order valence-electron chi connectivity index (χ3n) is 3.53. The molecule has 2 rings (SSSR count). The van der Waals surface area contributed by atoms with E-state index in [0.717, 1.165) is 24.5 Å². The zero-order valence-electron chi connectivity index (χ0n) is 9.65. The van der Waals surface area contributed by atoms with E-state index in [4.69, 9.17) is 5.11 Å². The molecule has 1 heterocycles. The Morgan fingerprint density at radius 3 is 2.88 bits per heavy atom. The van der Waals surface area contributed by atoms with Crippen LogP contribution in [0.2, 0.25) is 0 Å². The molecule has 1 aliphatic rings. The number of aryl methyl sites for hydroxylation is 1. The van der Waals surface area contributed by atoms with Gasteiger partial charge in [0.15, 0.2) is 5.69 Å². The molecule has 1 aromatic heterocycles. The van der Waals surface area contributed by atoms with Crippen LogP contribution in [-0.4, -0.2) is 20.6 Å². The molecule has 1 fully saturated rings. The zero-order chi connectivity index (χ0) is 11.5. The van der Waals surface area contributed by atoms with Crippen LogP contribution in [0.1, 0.15) is 48.3 Å². The lowest BCUT2D eigenvalue weighted by molar-refractivity contribution is 0.0689. The second-order valence-corrected chi connectivity index (χ2v) is 4.65. The lowest BCUT2D eigenvalue weighted by Crippen LogP contribution is -2.07. The molecule has 1 N–H and O–H groups in total. The maximum atomic E-state index is 11.0. The van der Waals surface area contributed by atoms with Crippen LogP contribution in [0.4, 0.5) is 0 Å². The third kappa shape index (κ3) is 2.26. The molecule has 4 heteroatoms. The molecule has 88 valence electrons. The van der Waals surface area contributed by atoms with Crippen molar-refractivity contribution in [1.82, 2.24) is 9.55 Å². The number of rotatable bonds is 4. The third-order valence-corrected chi connectivity index (χ3v) is 3.53. The van der Waals surface area contributed by atoms with E-state index in [1.54, 1.807) is 6.33 Å². The number of aromatic nitrogens is 2. The van der Waals surface area contributed by atoms with Crippen molar-refractivity contribution in [2.75, 3.05) is 0 Å². The van der Waals surface area contributed by atoms with Crippen molar-refractivity contribution in [3.63, 3.8) is 0 Å². The summed E-state index contributed by atoms with van der Waals surface area (Å²) < 4.78 is 1.83. The lowest BCUT2D eigenvalue weighted by atomic mass is 10.00. The second-order valence-electron chi connectivity index (χ2n) is 4.65. The number of carboxylic acids is 1. The molecule has 1 aromatic rings. The molecular formula is C12H18N2O2. The lowest BCUT2D eigenvalue weighted by Gasteiger charge is -2.09. The first-order valence-electron chi connectivity index (χ1n) is 5.92. The Morgan fingerprint density at radius 1 is 1.56 bits per heavy atom. The van der Waals surface area contributed by atoms with E-state index in [2.05, 4.69) is 4.98 Å². The van der Waals surface area contributed by atoms with Gasteiger partial charge in [-0.1, -0.05) is 25.7 Å². The van der Waals surface area contributed by atoms with E-state index in [-0.39, 0.29) is 5.69 Å². The van der Waals surface area contributed by atoms with Gasteiger partial charge in [0.1, 0.15) is 0 Å². The molecule has 0 atom stereocenters. The molecule has 16 heavy (non-hydrogen) atoms. The summed E-state index contributed by atoms with van der Waals surface area (Å²) in [6.45, 7) is 0. The number of hydrogen-bond acceptors (Lipinski definition) is 2. The first kappa shape index (κ1) is 11.2. The minimum absolute atomic E-state index is 0.223. The Morgan fingerprint density at radius 2 is 2.25 bits per heavy atom. The first-order valence-corrected chi connectivity index (χ1v) is 5.92. The standard InChI is InChI=1S/C12H18N2O2/c1-14-8-13-11(12(15)16)10(14)7-6-9-4-2-3-5-9/h8-9H,2-7H2,1H3,(H,15,16). The van der Waals surface area contributed by atoms with E-state index >= 15 is 0 Å². The van der Waals surface area contributed by atoms with E-state index in [1.807, 2.05) is 11.6 Å². The van der Waals surface area contributed by atoms with Crippen LogP contribution in [0, 0.1) is 5.92 Å². The van der Waals surface area contributed by atoms with Gasteiger partial charge in [-0.25, -0.2) is 9.78 Å². The number of carbonyl (C=O) groups is 1. The SMILES string of the molecule is Cn1cnc(C(=O)O)c1CCC1CCCC1. The maximum Gasteiger partial charge on any atom is 0.356 e. The predicted octanol–water partition coefficient (Wildman–Crippen LogP) is 2.24. The molecule has 0 radical (unpaired) electrons. The van der Waals surface area contributed by atoms with Gasteiger partial charge in [0.05, 0.1) is 12.0 Å². The first-order chi connectivity index (χ1) is 7.68. The highest BCUT2D eigenvalue weighted by Crippen LogP contribution is 2.28. The van der Waals surface area contributed by atoms with Gasteiger partial charge in [0.2, 0.25) is 0 Å². The summed E-state index contributed by atoms with van der Waals surface area (Å²) in [6.07, 6.45) is 8.81. The fourth-order valence-electron chi connectivity index (χ4n) is 2.57. The molecular weight excluding hydrogens is 204 g/mol. The van der Waals surface area contributed by atoms with E-state index in [1.165, 1.54) is 25.7 Å². The maximum absolute atomic E-state index is 11.0. The highest BCUT2D eigenvalue weighted by molar-refractivity contribution is 5.86. The molecule has 0 amide bonds. The van der Waals surface area contributed by atoms with Crippen LogP contribution in [0.15, 0.2) is 6.33 Å². The number of imidazole rings is 1. The van der Waals surface area contributed by atoms with Crippen molar-refractivity contribution >= 4 is 5.97 Å². The summed E-state index contributed by atoms with van der Waals surface area (Å²) in [5, 5.41) is 9.00. The summed E-state index contributed by atoms with van der Waals surface area (Å²) >= 11 is 0. The molecule has 1 aliphatic carbocycles. The van der Waals surface area contributed by atoms with Crippen LogP contribution in [-0.2, 0) is 13.5 Å². The molecule has 0 spiro atoms. The van der Waals surface area contributed by atoms with Crippen LogP contribution >= 0.6 is 0 Å². The van der Waals surface area contributed by atoms with Gasteiger partial charge in [-0.3, -0.25) is 0 Å². The minimum Gasteiger partial charge on any atom is -0.476 e. The van der Waals surface area contributed by atoms with Crippen molar-refractivity contribution < 1.29 is 9.90 Å². The fraction of sp³-hybridized carbons (Fsp3) is 0.667. The van der Waals surface area contributed by atoms with Gasteiger partial charge in [0.25, 0.3) is 0 Å². The normalized spacial score (nSPS) is 16.8. The Labute approximate surface area is 95.3 Å². The summed E-state index contributed by atoms with van der Waals surface area (Å²) in [6, 6.07) is 0. The molecule has 0 saturated heterocycles. The van der Waals surface area contributed by atoms with E-state index in [0.29, 0.717) is 0 Å². The van der Waals surface area contributed by atoms with Gasteiger partial charge in [-0.2, -0.15) is 0 Å². The van der Waals surface area contributed by atoms with Gasteiger partial charge >= 0.3 is 5.97 Å². The fourth-order valence-corrected chi connectivity index (χ4v) is 2.57. The molecule has 4 nitrogen and oxygen atoms in total. The largest absolute Gasteiger partial charge is 0.476 e. The van der Waals surface area contributed by atoms with Gasteiger partial charge in [0, 0.05) is 7.05 Å². The van der Waals surface area contributed by atoms with Gasteiger partial charge in [-0.05, 0) is 18.8 Å². The number of aromatic carboxylic acids is 1. The summed E-state index contributed by atoms with van der Waals surface area (Å²) in [5.74, 6) is -0.126. The highest BCUT2D eigenvalue weighted by Gasteiger charge is 2.19. The van der Waals surface area contributed by atoms with E-state index in [9.17, 15) is 4.79 Å². The van der Waals surface area contributed by atoms with Crippen molar-refractivity contribution in [1.29, 1.82) is 0 Å². The zero-order valence-corrected chi connectivity index (χ0v) is 9.65. The minimum atomic E-state index is -0.915. The highest BCUT2D eigenvalue weighted by atomic mass is 16.4. The average molecular weight is 222 g/mol. The van der Waals surface area contributed by atoms with E-state index < -0.39 is 5.97 Å². The number of carboxylic acid groups (broad SMARTS) is 1. The number of nitrogens with zero attached hydrogens (tertiary/aromatic N) is 2. The second kappa shape index (κ2) is 4.68. The monoisotopic (exact) mass is 222 g/mol. The summed E-state index contributed by atoms with van der Waals surface area (Å²) in [7, 11) is 1.86. The molecule has 0 unspecified atom stereocenters. The smallest absolute Gasteiger partial charge is 0.356 e.